The fourth-order valence-electron chi connectivity index (χ4n) is 2.18. The molecule has 0 saturated heterocycles. The molecule has 0 bridgehead atoms. The summed E-state index contributed by atoms with van der Waals surface area (Å²) in [7, 11) is -3.76. The minimum absolute atomic E-state index is 0.00724. The van der Waals surface area contributed by atoms with Gasteiger partial charge in [0.05, 0.1) is 5.56 Å². The van der Waals surface area contributed by atoms with Crippen LogP contribution in [-0.2, 0) is 16.4 Å². The Morgan fingerprint density at radius 3 is 2.75 bits per heavy atom. The quantitative estimate of drug-likeness (QED) is 0.875. The summed E-state index contributed by atoms with van der Waals surface area (Å²) in [4.78, 5) is 12.2. The maximum atomic E-state index is 12.4. The lowest BCUT2D eigenvalue weighted by Crippen LogP contribution is -2.31. The summed E-state index contributed by atoms with van der Waals surface area (Å²) in [5.41, 5.74) is 7.15. The zero-order valence-electron chi connectivity index (χ0n) is 10.4. The second kappa shape index (κ2) is 4.60. The molecular formula is C13H12N2O3S2. The van der Waals surface area contributed by atoms with E-state index in [0.29, 0.717) is 12.1 Å². The second-order valence-electron chi connectivity index (χ2n) is 4.52. The molecule has 104 valence electrons. The van der Waals surface area contributed by atoms with Crippen molar-refractivity contribution in [3.63, 3.8) is 0 Å². The zero-order valence-corrected chi connectivity index (χ0v) is 12.1. The highest BCUT2D eigenvalue weighted by atomic mass is 32.2. The first-order chi connectivity index (χ1) is 9.50. The fraction of sp³-hybridized carbons (Fsp3) is 0.154. The minimum Gasteiger partial charge on any atom is -0.399 e. The number of anilines is 1. The highest BCUT2D eigenvalue weighted by Crippen LogP contribution is 2.31. The smallest absolute Gasteiger partial charge is 0.269 e. The first kappa shape index (κ1) is 13.1. The van der Waals surface area contributed by atoms with Gasteiger partial charge in [0.1, 0.15) is 4.90 Å². The lowest BCUT2D eigenvalue weighted by molar-refractivity contribution is 0.0872. The van der Waals surface area contributed by atoms with Gasteiger partial charge in [-0.1, -0.05) is 0 Å². The summed E-state index contributed by atoms with van der Waals surface area (Å²) in [5, 5.41) is 3.86. The van der Waals surface area contributed by atoms with E-state index in [1.54, 1.807) is 11.3 Å². The van der Waals surface area contributed by atoms with Crippen LogP contribution in [0.2, 0.25) is 0 Å². The number of nitrogens with two attached hydrogens (primary N) is 1. The number of hydrogen-bond donors (Lipinski definition) is 1. The van der Waals surface area contributed by atoms with Gasteiger partial charge in [0, 0.05) is 12.2 Å². The molecule has 0 radical (unpaired) electrons. The third kappa shape index (κ3) is 1.99. The average molecular weight is 308 g/mol. The Labute approximate surface area is 120 Å². The molecule has 7 heteroatoms. The normalized spacial score (nSPS) is 16.4. The second-order valence-corrected chi connectivity index (χ2v) is 7.13. The van der Waals surface area contributed by atoms with E-state index in [9.17, 15) is 13.2 Å². The Balaban J connectivity index is 1.93. The van der Waals surface area contributed by atoms with Gasteiger partial charge in [0.2, 0.25) is 0 Å². The van der Waals surface area contributed by atoms with Crippen LogP contribution >= 0.6 is 11.3 Å². The Kier molecular flexibility index (Phi) is 3.02. The standard InChI is InChI=1S/C13H12N2O3S2/c14-10-1-2-11-12(7-10)20(17,18)15(13(11)16)5-3-9-4-6-19-8-9/h1-2,4,6-8H,3,5,14H2. The van der Waals surface area contributed by atoms with E-state index in [0.717, 1.165) is 9.87 Å². The summed E-state index contributed by atoms with van der Waals surface area (Å²) >= 11 is 1.54. The number of sulfonamides is 1. The van der Waals surface area contributed by atoms with Crippen LogP contribution in [0.4, 0.5) is 5.69 Å². The van der Waals surface area contributed by atoms with E-state index < -0.39 is 15.9 Å². The summed E-state index contributed by atoms with van der Waals surface area (Å²) in [5.74, 6) is -0.477. The van der Waals surface area contributed by atoms with Gasteiger partial charge in [0.15, 0.2) is 0 Å². The van der Waals surface area contributed by atoms with Crippen LogP contribution in [0.15, 0.2) is 39.9 Å². The highest BCUT2D eigenvalue weighted by molar-refractivity contribution is 7.90. The van der Waals surface area contributed by atoms with Gasteiger partial charge in [0.25, 0.3) is 15.9 Å². The van der Waals surface area contributed by atoms with E-state index in [1.165, 1.54) is 18.2 Å². The number of fused-ring (bicyclic) bond motifs is 1. The van der Waals surface area contributed by atoms with E-state index in [-0.39, 0.29) is 17.0 Å². The first-order valence-electron chi connectivity index (χ1n) is 5.98. The van der Waals surface area contributed by atoms with Crippen LogP contribution in [0, 0.1) is 0 Å². The van der Waals surface area contributed by atoms with Gasteiger partial charge in [-0.15, -0.1) is 0 Å². The molecular weight excluding hydrogens is 296 g/mol. The van der Waals surface area contributed by atoms with Crippen molar-refractivity contribution in [2.24, 2.45) is 0 Å². The monoisotopic (exact) mass is 308 g/mol. The number of carbonyl (C=O) groups excluding carboxylic acids is 1. The van der Waals surface area contributed by atoms with Crippen LogP contribution in [-0.4, -0.2) is 25.2 Å². The molecule has 2 N–H and O–H groups in total. The molecule has 0 fully saturated rings. The van der Waals surface area contributed by atoms with Gasteiger partial charge in [-0.05, 0) is 47.0 Å². The fourth-order valence-corrected chi connectivity index (χ4v) is 4.49. The number of amides is 1. The van der Waals surface area contributed by atoms with Gasteiger partial charge in [-0.3, -0.25) is 4.79 Å². The third-order valence-corrected chi connectivity index (χ3v) is 5.77. The molecule has 1 aromatic carbocycles. The maximum absolute atomic E-state index is 12.4. The number of thiophene rings is 1. The van der Waals surface area contributed by atoms with Crippen LogP contribution < -0.4 is 5.73 Å². The summed E-state index contributed by atoms with van der Waals surface area (Å²) in [6, 6.07) is 6.26. The van der Waals surface area contributed by atoms with Crippen molar-refractivity contribution in [2.45, 2.75) is 11.3 Å². The van der Waals surface area contributed by atoms with Crippen molar-refractivity contribution in [1.82, 2.24) is 4.31 Å². The van der Waals surface area contributed by atoms with E-state index in [2.05, 4.69) is 0 Å². The number of nitrogen functional groups attached to an aromatic ring is 1. The molecule has 1 amide bonds. The van der Waals surface area contributed by atoms with Crippen molar-refractivity contribution in [2.75, 3.05) is 12.3 Å². The first-order valence-corrected chi connectivity index (χ1v) is 8.36. The Hall–Kier alpha value is -1.86. The van der Waals surface area contributed by atoms with Crippen LogP contribution in [0.25, 0.3) is 0 Å². The Morgan fingerprint density at radius 1 is 1.25 bits per heavy atom. The van der Waals surface area contributed by atoms with E-state index in [4.69, 9.17) is 5.73 Å². The van der Waals surface area contributed by atoms with Gasteiger partial charge in [-0.2, -0.15) is 11.3 Å². The number of rotatable bonds is 3. The maximum Gasteiger partial charge on any atom is 0.269 e. The molecule has 1 aliphatic rings. The predicted molar refractivity (Wildman–Crippen MR) is 77.1 cm³/mol. The molecule has 0 spiro atoms. The number of hydrogen-bond acceptors (Lipinski definition) is 5. The summed E-state index contributed by atoms with van der Waals surface area (Å²) in [6.07, 6.45) is 0.512. The molecule has 2 aromatic rings. The van der Waals surface area contributed by atoms with Crippen molar-refractivity contribution in [3.8, 4) is 0 Å². The Bertz CT molecular complexity index is 767. The lowest BCUT2D eigenvalue weighted by Gasteiger charge is -2.14. The molecule has 0 saturated carbocycles. The SMILES string of the molecule is Nc1ccc2c(c1)S(=O)(=O)N(CCc1ccsc1)C2=O. The van der Waals surface area contributed by atoms with Gasteiger partial charge < -0.3 is 5.73 Å². The number of nitrogens with zero attached hydrogens (tertiary/aromatic N) is 1. The average Bonchev–Trinajstić information content (AvgIpc) is 2.96. The van der Waals surface area contributed by atoms with Crippen molar-refractivity contribution < 1.29 is 13.2 Å². The van der Waals surface area contributed by atoms with Crippen LogP contribution in [0.5, 0.6) is 0 Å². The van der Waals surface area contributed by atoms with Gasteiger partial charge >= 0.3 is 0 Å². The van der Waals surface area contributed by atoms with Crippen LogP contribution in [0.3, 0.4) is 0 Å². The largest absolute Gasteiger partial charge is 0.399 e. The zero-order chi connectivity index (χ0) is 14.3. The third-order valence-electron chi connectivity index (χ3n) is 3.21. The number of carbonyl (C=O) groups is 1. The molecule has 3 rings (SSSR count). The topological polar surface area (TPSA) is 80.5 Å². The summed E-state index contributed by atoms with van der Waals surface area (Å²) in [6.45, 7) is 0.145. The molecule has 5 nitrogen and oxygen atoms in total. The van der Waals surface area contributed by atoms with E-state index in [1.807, 2.05) is 16.8 Å². The summed E-state index contributed by atoms with van der Waals surface area (Å²) < 4.78 is 25.6. The minimum atomic E-state index is -3.76. The van der Waals surface area contributed by atoms with E-state index >= 15 is 0 Å². The molecule has 0 aliphatic carbocycles. The molecule has 2 heterocycles. The molecule has 0 unspecified atom stereocenters. The Morgan fingerprint density at radius 2 is 2.05 bits per heavy atom. The van der Waals surface area contributed by atoms with Crippen LogP contribution in [0.1, 0.15) is 15.9 Å². The lowest BCUT2D eigenvalue weighted by atomic mass is 10.2. The van der Waals surface area contributed by atoms with Crippen molar-refractivity contribution in [1.29, 1.82) is 0 Å². The highest BCUT2D eigenvalue weighted by Gasteiger charge is 2.40. The number of benzene rings is 1. The van der Waals surface area contributed by atoms with Crippen molar-refractivity contribution in [3.05, 3.63) is 46.2 Å². The van der Waals surface area contributed by atoms with Gasteiger partial charge in [-0.25, -0.2) is 12.7 Å². The molecule has 1 aromatic heterocycles. The molecule has 0 atom stereocenters. The molecule has 1 aliphatic heterocycles. The van der Waals surface area contributed by atoms with Crippen molar-refractivity contribution >= 4 is 33.0 Å². The predicted octanol–water partition coefficient (Wildman–Crippen LogP) is 1.72. The molecule has 20 heavy (non-hydrogen) atoms.